The van der Waals surface area contributed by atoms with E-state index in [1.54, 1.807) is 0 Å². The first kappa shape index (κ1) is 21.3. The molecule has 1 saturated heterocycles. The lowest BCUT2D eigenvalue weighted by atomic mass is 9.96. The molecule has 0 saturated carbocycles. The zero-order valence-electron chi connectivity index (χ0n) is 18.9. The molecule has 0 bridgehead atoms. The van der Waals surface area contributed by atoms with Crippen molar-refractivity contribution in [3.8, 4) is 0 Å². The van der Waals surface area contributed by atoms with Crippen LogP contribution >= 0.6 is 0 Å². The molecular weight excluding hydrogens is 388 g/mol. The Morgan fingerprint density at radius 1 is 1.06 bits per heavy atom. The van der Waals surface area contributed by atoms with Gasteiger partial charge < -0.3 is 25.6 Å². The van der Waals surface area contributed by atoms with Gasteiger partial charge in [-0.3, -0.25) is 0 Å². The van der Waals surface area contributed by atoms with Gasteiger partial charge in [0, 0.05) is 49.3 Å². The number of carbonyl (C=O) groups is 1. The van der Waals surface area contributed by atoms with Gasteiger partial charge in [-0.25, -0.2) is 4.79 Å². The van der Waals surface area contributed by atoms with Crippen LogP contribution in [0.4, 0.5) is 21.9 Å². The maximum atomic E-state index is 12.5. The molecule has 0 atom stereocenters. The van der Waals surface area contributed by atoms with Crippen LogP contribution < -0.4 is 16.0 Å². The lowest BCUT2D eigenvalue weighted by Gasteiger charge is -2.36. The van der Waals surface area contributed by atoms with E-state index in [1.165, 1.54) is 22.5 Å². The number of anilines is 3. The van der Waals surface area contributed by atoms with Crippen molar-refractivity contribution in [2.24, 2.45) is 0 Å². The smallest absolute Gasteiger partial charge is 0.410 e. The average molecular weight is 423 g/mol. The molecule has 0 spiro atoms. The van der Waals surface area contributed by atoms with Gasteiger partial charge in [0.2, 0.25) is 0 Å². The maximum absolute atomic E-state index is 12.5. The lowest BCUT2D eigenvalue weighted by molar-refractivity contribution is 0.0224. The number of rotatable bonds is 3. The highest BCUT2D eigenvalue weighted by molar-refractivity contribution is 5.69. The summed E-state index contributed by atoms with van der Waals surface area (Å²) in [7, 11) is 0. The van der Waals surface area contributed by atoms with Gasteiger partial charge in [-0.05, 0) is 81.5 Å². The van der Waals surface area contributed by atoms with E-state index in [-0.39, 0.29) is 6.09 Å². The monoisotopic (exact) mass is 422 g/mol. The molecule has 6 nitrogen and oxygen atoms in total. The molecule has 0 aromatic heterocycles. The van der Waals surface area contributed by atoms with E-state index in [0.717, 1.165) is 38.0 Å². The summed E-state index contributed by atoms with van der Waals surface area (Å²) in [6, 6.07) is 15.0. The second kappa shape index (κ2) is 8.69. The third-order valence-electron chi connectivity index (χ3n) is 6.03. The summed E-state index contributed by atoms with van der Waals surface area (Å²) in [5.74, 6) is 0. The summed E-state index contributed by atoms with van der Waals surface area (Å²) in [5, 5.41) is 3.79. The predicted octanol–water partition coefficient (Wildman–Crippen LogP) is 4.64. The molecule has 166 valence electrons. The Labute approximate surface area is 185 Å². The minimum Gasteiger partial charge on any atom is -0.444 e. The van der Waals surface area contributed by atoms with Crippen molar-refractivity contribution in [2.45, 2.75) is 58.2 Å². The van der Waals surface area contributed by atoms with Crippen LogP contribution in [0.3, 0.4) is 0 Å². The molecule has 4 rings (SSSR count). The fraction of sp³-hybridized carbons (Fsp3) is 0.480. The summed E-state index contributed by atoms with van der Waals surface area (Å²) in [6.07, 6.45) is 2.81. The molecule has 2 aromatic rings. The van der Waals surface area contributed by atoms with E-state index in [1.807, 2.05) is 37.8 Å². The van der Waals surface area contributed by atoms with Gasteiger partial charge >= 0.3 is 6.09 Å². The molecular formula is C25H34N4O2. The number of fused-ring (bicyclic) bond motifs is 1. The minimum atomic E-state index is -0.470. The SMILES string of the molecule is CC(C)(C)OC(=O)N1CCc2c(cccc2NC2CCN(c3ccc(N)cc3)CC2)C1. The van der Waals surface area contributed by atoms with Crippen molar-refractivity contribution in [1.29, 1.82) is 0 Å². The zero-order valence-corrected chi connectivity index (χ0v) is 18.9. The van der Waals surface area contributed by atoms with Crippen molar-refractivity contribution in [2.75, 3.05) is 35.6 Å². The molecule has 2 aliphatic heterocycles. The number of carbonyl (C=O) groups excluding carboxylic acids is 1. The Bertz CT molecular complexity index is 912. The zero-order chi connectivity index (χ0) is 22.0. The van der Waals surface area contributed by atoms with Gasteiger partial charge in [-0.15, -0.1) is 0 Å². The number of nitrogen functional groups attached to an aromatic ring is 1. The highest BCUT2D eigenvalue weighted by Crippen LogP contribution is 2.29. The first-order valence-electron chi connectivity index (χ1n) is 11.2. The van der Waals surface area contributed by atoms with Crippen molar-refractivity contribution in [3.05, 3.63) is 53.6 Å². The van der Waals surface area contributed by atoms with Gasteiger partial charge in [-0.2, -0.15) is 0 Å². The number of piperidine rings is 1. The Balaban J connectivity index is 1.36. The highest BCUT2D eigenvalue weighted by Gasteiger charge is 2.27. The minimum absolute atomic E-state index is 0.230. The van der Waals surface area contributed by atoms with Gasteiger partial charge in [0.1, 0.15) is 5.60 Å². The van der Waals surface area contributed by atoms with Crippen LogP contribution in [-0.2, 0) is 17.7 Å². The van der Waals surface area contributed by atoms with Crippen LogP contribution in [0.15, 0.2) is 42.5 Å². The quantitative estimate of drug-likeness (QED) is 0.705. The highest BCUT2D eigenvalue weighted by atomic mass is 16.6. The summed E-state index contributed by atoms with van der Waals surface area (Å²) >= 11 is 0. The summed E-state index contributed by atoms with van der Waals surface area (Å²) in [6.45, 7) is 9.08. The van der Waals surface area contributed by atoms with Gasteiger partial charge in [-0.1, -0.05) is 12.1 Å². The molecule has 0 radical (unpaired) electrons. The van der Waals surface area contributed by atoms with E-state index < -0.39 is 5.60 Å². The van der Waals surface area contributed by atoms with Crippen LogP contribution in [-0.4, -0.2) is 42.3 Å². The summed E-state index contributed by atoms with van der Waals surface area (Å²) < 4.78 is 5.56. The van der Waals surface area contributed by atoms with E-state index in [4.69, 9.17) is 10.5 Å². The number of nitrogens with one attached hydrogen (secondary N) is 1. The van der Waals surface area contributed by atoms with Crippen molar-refractivity contribution < 1.29 is 9.53 Å². The standard InChI is InChI=1S/C25H34N4O2/c1-25(2,3)31-24(30)29-16-13-22-18(17-29)5-4-6-23(22)27-20-11-14-28(15-12-20)21-9-7-19(26)8-10-21/h4-10,20,27H,11-17,26H2,1-3H3. The lowest BCUT2D eigenvalue weighted by Crippen LogP contribution is -2.41. The van der Waals surface area contributed by atoms with Crippen LogP contribution in [0.2, 0.25) is 0 Å². The molecule has 2 aromatic carbocycles. The molecule has 0 aliphatic carbocycles. The van der Waals surface area contributed by atoms with Crippen LogP contribution in [0.5, 0.6) is 0 Å². The number of hydrogen-bond donors (Lipinski definition) is 2. The fourth-order valence-electron chi connectivity index (χ4n) is 4.41. The van der Waals surface area contributed by atoms with Gasteiger partial charge in [0.25, 0.3) is 0 Å². The first-order valence-corrected chi connectivity index (χ1v) is 11.2. The predicted molar refractivity (Wildman–Crippen MR) is 127 cm³/mol. The molecule has 2 aliphatic rings. The molecule has 6 heteroatoms. The largest absolute Gasteiger partial charge is 0.444 e. The number of hydrogen-bond acceptors (Lipinski definition) is 5. The molecule has 1 amide bonds. The van der Waals surface area contributed by atoms with Crippen LogP contribution in [0.25, 0.3) is 0 Å². The Hall–Kier alpha value is -2.89. The molecule has 3 N–H and O–H groups in total. The molecule has 31 heavy (non-hydrogen) atoms. The summed E-state index contributed by atoms with van der Waals surface area (Å²) in [4.78, 5) is 16.7. The second-order valence-electron chi connectivity index (χ2n) is 9.59. The topological polar surface area (TPSA) is 70.8 Å². The van der Waals surface area contributed by atoms with Crippen LogP contribution in [0.1, 0.15) is 44.7 Å². The summed E-state index contributed by atoms with van der Waals surface area (Å²) in [5.41, 5.74) is 11.2. The van der Waals surface area contributed by atoms with Crippen LogP contribution in [0, 0.1) is 0 Å². The van der Waals surface area contributed by atoms with E-state index in [0.29, 0.717) is 19.1 Å². The third-order valence-corrected chi connectivity index (χ3v) is 6.03. The molecule has 2 heterocycles. The normalized spacial score (nSPS) is 17.3. The van der Waals surface area contributed by atoms with E-state index in [2.05, 4.69) is 40.5 Å². The Morgan fingerprint density at radius 3 is 2.45 bits per heavy atom. The number of nitrogens with zero attached hydrogens (tertiary/aromatic N) is 2. The Morgan fingerprint density at radius 2 is 1.77 bits per heavy atom. The number of benzene rings is 2. The van der Waals surface area contributed by atoms with E-state index in [9.17, 15) is 4.79 Å². The van der Waals surface area contributed by atoms with Gasteiger partial charge in [0.15, 0.2) is 0 Å². The third kappa shape index (κ3) is 5.24. The Kier molecular flexibility index (Phi) is 5.99. The maximum Gasteiger partial charge on any atom is 0.410 e. The van der Waals surface area contributed by atoms with Crippen molar-refractivity contribution in [1.82, 2.24) is 4.90 Å². The molecule has 1 fully saturated rings. The number of nitrogens with two attached hydrogens (primary N) is 1. The van der Waals surface area contributed by atoms with Crippen molar-refractivity contribution >= 4 is 23.2 Å². The second-order valence-corrected chi connectivity index (χ2v) is 9.59. The molecule has 0 unspecified atom stereocenters. The number of amides is 1. The number of ether oxygens (including phenoxy) is 1. The van der Waals surface area contributed by atoms with E-state index >= 15 is 0 Å². The van der Waals surface area contributed by atoms with Gasteiger partial charge in [0.05, 0.1) is 0 Å². The first-order chi connectivity index (χ1) is 14.8. The average Bonchev–Trinajstić information content (AvgIpc) is 2.73. The van der Waals surface area contributed by atoms with Crippen molar-refractivity contribution in [3.63, 3.8) is 0 Å². The fourth-order valence-corrected chi connectivity index (χ4v) is 4.41.